The van der Waals surface area contributed by atoms with Gasteiger partial charge >= 0.3 is 5.97 Å². The number of pyridine rings is 1. The Kier molecular flexibility index (Phi) is 5.05. The fourth-order valence-electron chi connectivity index (χ4n) is 1.50. The summed E-state index contributed by atoms with van der Waals surface area (Å²) < 4.78 is 5.42. The Labute approximate surface area is 120 Å². The minimum atomic E-state index is -0.719. The monoisotopic (exact) mass is 328 g/mol. The third-order valence-electron chi connectivity index (χ3n) is 2.55. The molecular weight excluding hydrogens is 312 g/mol. The molecule has 0 aliphatic carbocycles. The van der Waals surface area contributed by atoms with Crippen molar-refractivity contribution >= 4 is 27.8 Å². The maximum atomic E-state index is 12.1. The van der Waals surface area contributed by atoms with Crippen LogP contribution in [0.5, 0.6) is 0 Å². The molecule has 0 aliphatic rings. The first kappa shape index (κ1) is 15.6. The number of aromatic nitrogens is 1. The third kappa shape index (κ3) is 4.31. The van der Waals surface area contributed by atoms with E-state index in [-0.39, 0.29) is 5.91 Å². The van der Waals surface area contributed by atoms with Gasteiger partial charge in [-0.1, -0.05) is 20.8 Å². The van der Waals surface area contributed by atoms with Gasteiger partial charge in [0.1, 0.15) is 6.04 Å². The average molecular weight is 329 g/mol. The van der Waals surface area contributed by atoms with Crippen LogP contribution in [0, 0.1) is 5.41 Å². The van der Waals surface area contributed by atoms with Crippen LogP contribution in [0.4, 0.5) is 0 Å². The van der Waals surface area contributed by atoms with Crippen LogP contribution >= 0.6 is 15.9 Å². The number of hydrogen-bond donors (Lipinski definition) is 1. The molecule has 0 saturated heterocycles. The normalized spacial score (nSPS) is 12.7. The van der Waals surface area contributed by atoms with Crippen LogP contribution in [-0.2, 0) is 9.53 Å². The fraction of sp³-hybridized carbons (Fsp3) is 0.462. The van der Waals surface area contributed by atoms with Crippen molar-refractivity contribution in [2.24, 2.45) is 5.41 Å². The summed E-state index contributed by atoms with van der Waals surface area (Å²) in [6.07, 6.45) is 3.02. The Bertz CT molecular complexity index is 483. The Hall–Kier alpha value is -1.43. The molecule has 1 amide bonds. The molecule has 0 aliphatic heterocycles. The molecule has 1 rings (SSSR count). The number of methoxy groups -OCH3 is 1. The predicted molar refractivity (Wildman–Crippen MR) is 74.7 cm³/mol. The van der Waals surface area contributed by atoms with E-state index >= 15 is 0 Å². The Morgan fingerprint density at radius 2 is 2.00 bits per heavy atom. The molecule has 5 nitrogen and oxygen atoms in total. The molecule has 1 N–H and O–H groups in total. The lowest BCUT2D eigenvalue weighted by Gasteiger charge is -2.28. The van der Waals surface area contributed by atoms with Crippen molar-refractivity contribution in [1.29, 1.82) is 0 Å². The zero-order chi connectivity index (χ0) is 14.6. The molecule has 0 aromatic carbocycles. The molecular formula is C13H17BrN2O3. The van der Waals surface area contributed by atoms with Crippen LogP contribution < -0.4 is 5.32 Å². The number of halogens is 1. The van der Waals surface area contributed by atoms with Crippen LogP contribution in [0.25, 0.3) is 0 Å². The lowest BCUT2D eigenvalue weighted by Crippen LogP contribution is -2.49. The van der Waals surface area contributed by atoms with Gasteiger partial charge < -0.3 is 10.1 Å². The second-order valence-corrected chi connectivity index (χ2v) is 6.10. The molecule has 0 radical (unpaired) electrons. The first-order valence-electron chi connectivity index (χ1n) is 5.75. The van der Waals surface area contributed by atoms with E-state index in [9.17, 15) is 9.59 Å². The van der Waals surface area contributed by atoms with E-state index < -0.39 is 17.4 Å². The van der Waals surface area contributed by atoms with E-state index in [4.69, 9.17) is 4.74 Å². The van der Waals surface area contributed by atoms with Crippen LogP contribution in [0.2, 0.25) is 0 Å². The second-order valence-electron chi connectivity index (χ2n) is 5.19. The first-order chi connectivity index (χ1) is 8.75. The van der Waals surface area contributed by atoms with Crippen LogP contribution in [0.1, 0.15) is 31.1 Å². The zero-order valence-corrected chi connectivity index (χ0v) is 12.9. The molecule has 1 heterocycles. The van der Waals surface area contributed by atoms with Gasteiger partial charge in [-0.2, -0.15) is 0 Å². The number of nitrogens with one attached hydrogen (secondary N) is 1. The number of ether oxygens (including phenoxy) is 1. The van der Waals surface area contributed by atoms with Crippen molar-refractivity contribution in [3.8, 4) is 0 Å². The van der Waals surface area contributed by atoms with Gasteiger partial charge in [0.2, 0.25) is 0 Å². The molecule has 0 spiro atoms. The van der Waals surface area contributed by atoms with Crippen molar-refractivity contribution in [1.82, 2.24) is 10.3 Å². The van der Waals surface area contributed by atoms with Gasteiger partial charge in [-0.25, -0.2) is 4.79 Å². The van der Waals surface area contributed by atoms with Crippen molar-refractivity contribution in [3.05, 3.63) is 28.5 Å². The van der Waals surface area contributed by atoms with Crippen LogP contribution in [0.15, 0.2) is 22.9 Å². The van der Waals surface area contributed by atoms with Gasteiger partial charge in [0, 0.05) is 16.9 Å². The van der Waals surface area contributed by atoms with Crippen molar-refractivity contribution < 1.29 is 14.3 Å². The van der Waals surface area contributed by atoms with E-state index in [1.54, 1.807) is 12.3 Å². The lowest BCUT2D eigenvalue weighted by atomic mass is 9.86. The largest absolute Gasteiger partial charge is 0.467 e. The van der Waals surface area contributed by atoms with Crippen LogP contribution in [0.3, 0.4) is 0 Å². The Balaban J connectivity index is 2.91. The summed E-state index contributed by atoms with van der Waals surface area (Å²) >= 11 is 3.24. The highest BCUT2D eigenvalue weighted by molar-refractivity contribution is 9.10. The maximum Gasteiger partial charge on any atom is 0.328 e. The minimum absolute atomic E-state index is 0.362. The number of carbonyl (C=O) groups excluding carboxylic acids is 2. The van der Waals surface area contributed by atoms with Gasteiger partial charge in [0.05, 0.1) is 12.7 Å². The molecule has 1 atom stereocenters. The molecule has 0 fully saturated rings. The third-order valence-corrected chi connectivity index (χ3v) is 2.98. The molecule has 0 saturated carbocycles. The van der Waals surface area contributed by atoms with E-state index in [2.05, 4.69) is 26.2 Å². The van der Waals surface area contributed by atoms with Gasteiger partial charge in [-0.15, -0.1) is 0 Å². The van der Waals surface area contributed by atoms with Crippen molar-refractivity contribution in [2.45, 2.75) is 26.8 Å². The Morgan fingerprint density at radius 3 is 2.47 bits per heavy atom. The topological polar surface area (TPSA) is 68.3 Å². The highest BCUT2D eigenvalue weighted by Crippen LogP contribution is 2.21. The van der Waals surface area contributed by atoms with Gasteiger partial charge in [0.15, 0.2) is 0 Å². The summed E-state index contributed by atoms with van der Waals surface area (Å²) in [6.45, 7) is 5.57. The summed E-state index contributed by atoms with van der Waals surface area (Å²) in [7, 11) is 1.30. The molecule has 1 aromatic heterocycles. The maximum absolute atomic E-state index is 12.1. The molecule has 104 valence electrons. The number of nitrogens with zero attached hydrogens (tertiary/aromatic N) is 1. The van der Waals surface area contributed by atoms with Crippen molar-refractivity contribution in [3.63, 3.8) is 0 Å². The minimum Gasteiger partial charge on any atom is -0.467 e. The van der Waals surface area contributed by atoms with E-state index in [1.807, 2.05) is 20.8 Å². The number of hydrogen-bond acceptors (Lipinski definition) is 4. The number of carbonyl (C=O) groups is 2. The average Bonchev–Trinajstić information content (AvgIpc) is 2.33. The lowest BCUT2D eigenvalue weighted by molar-refractivity contribution is -0.145. The highest BCUT2D eigenvalue weighted by Gasteiger charge is 2.33. The summed E-state index contributed by atoms with van der Waals surface area (Å²) in [5.74, 6) is -0.831. The summed E-state index contributed by atoms with van der Waals surface area (Å²) in [4.78, 5) is 27.7. The molecule has 1 aromatic rings. The molecule has 6 heteroatoms. The molecule has 19 heavy (non-hydrogen) atoms. The number of rotatable bonds is 3. The van der Waals surface area contributed by atoms with Crippen molar-refractivity contribution in [2.75, 3.05) is 7.11 Å². The van der Waals surface area contributed by atoms with Gasteiger partial charge in [0.25, 0.3) is 5.91 Å². The zero-order valence-electron chi connectivity index (χ0n) is 11.4. The smallest absolute Gasteiger partial charge is 0.328 e. The fourth-order valence-corrected chi connectivity index (χ4v) is 1.86. The predicted octanol–water partition coefficient (Wildman–Crippen LogP) is 2.16. The second kappa shape index (κ2) is 6.14. The van der Waals surface area contributed by atoms with Gasteiger partial charge in [-0.3, -0.25) is 9.78 Å². The van der Waals surface area contributed by atoms with Gasteiger partial charge in [-0.05, 0) is 27.4 Å². The summed E-state index contributed by atoms with van der Waals surface area (Å²) in [6, 6.07) is 0.920. The number of amides is 1. The summed E-state index contributed by atoms with van der Waals surface area (Å²) in [5, 5.41) is 2.68. The first-order valence-corrected chi connectivity index (χ1v) is 6.54. The standard InChI is InChI=1S/C13H17BrN2O3/c1-13(2,3)10(12(18)19-4)16-11(17)8-5-9(14)7-15-6-8/h5-7,10H,1-4H3,(H,16,17)/t10-/m0/s1. The summed E-state index contributed by atoms with van der Waals surface area (Å²) in [5.41, 5.74) is -0.0603. The van der Waals surface area contributed by atoms with Crippen LogP contribution in [-0.4, -0.2) is 30.0 Å². The SMILES string of the molecule is COC(=O)[C@H](NC(=O)c1cncc(Br)c1)C(C)(C)C. The van der Waals surface area contributed by atoms with E-state index in [0.717, 1.165) is 0 Å². The van der Waals surface area contributed by atoms with E-state index in [1.165, 1.54) is 13.3 Å². The molecule has 0 bridgehead atoms. The molecule has 0 unspecified atom stereocenters. The number of esters is 1. The quantitative estimate of drug-likeness (QED) is 0.863. The highest BCUT2D eigenvalue weighted by atomic mass is 79.9. The Morgan fingerprint density at radius 1 is 1.37 bits per heavy atom. The van der Waals surface area contributed by atoms with E-state index in [0.29, 0.717) is 10.0 Å².